The van der Waals surface area contributed by atoms with Crippen molar-refractivity contribution in [1.29, 1.82) is 0 Å². The third kappa shape index (κ3) is 3.67. The van der Waals surface area contributed by atoms with Crippen molar-refractivity contribution >= 4 is 28.5 Å². The number of ether oxygens (including phenoxy) is 1. The monoisotopic (exact) mass is 462 g/mol. The maximum Gasteiger partial charge on any atom is 0.340 e. The van der Waals surface area contributed by atoms with E-state index in [1.807, 2.05) is 24.3 Å². The molecule has 2 aromatic carbocycles. The number of piperazine rings is 1. The molecule has 5 rings (SSSR count). The van der Waals surface area contributed by atoms with Gasteiger partial charge in [0.2, 0.25) is 0 Å². The number of carbonyl (C=O) groups is 1. The number of aromatic nitrogens is 3. The number of benzene rings is 2. The molecular weight excluding hydrogens is 439 g/mol. The first kappa shape index (κ1) is 21.7. The predicted octanol–water partition coefficient (Wildman–Crippen LogP) is 2.92. The molecule has 0 saturated carbocycles. The minimum Gasteiger partial charge on any atom is -0.508 e. The highest BCUT2D eigenvalue weighted by molar-refractivity contribution is 6.13. The topological polar surface area (TPSA) is 129 Å². The molecule has 0 amide bonds. The number of hydrogen-bond donors (Lipinski definition) is 4. The number of nitrogens with two attached hydrogens (primary N) is 1. The van der Waals surface area contributed by atoms with Gasteiger partial charge < -0.3 is 25.8 Å². The summed E-state index contributed by atoms with van der Waals surface area (Å²) in [5.41, 5.74) is 8.72. The number of phenols is 1. The molecule has 1 aliphatic rings. The number of methoxy groups -OCH3 is 1. The number of aromatic hydroxyl groups is 1. The summed E-state index contributed by atoms with van der Waals surface area (Å²) in [6, 6.07) is 11.4. The van der Waals surface area contributed by atoms with Crippen LogP contribution in [-0.2, 0) is 4.74 Å². The van der Waals surface area contributed by atoms with Crippen LogP contribution < -0.4 is 16.0 Å². The maximum atomic E-state index is 14.9. The second kappa shape index (κ2) is 8.64. The van der Waals surface area contributed by atoms with Crippen LogP contribution in [0.15, 0.2) is 42.5 Å². The lowest BCUT2D eigenvalue weighted by Crippen LogP contribution is -2.43. The highest BCUT2D eigenvalue weighted by atomic mass is 19.1. The Balaban J connectivity index is 1.76. The fourth-order valence-corrected chi connectivity index (χ4v) is 4.32. The third-order valence-corrected chi connectivity index (χ3v) is 5.97. The molecule has 1 saturated heterocycles. The number of nitrogens with one attached hydrogen (secondary N) is 2. The number of rotatable bonds is 4. The van der Waals surface area contributed by atoms with Gasteiger partial charge in [0.15, 0.2) is 5.65 Å². The molecular formula is C24H23FN6O3. The summed E-state index contributed by atoms with van der Waals surface area (Å²) in [7, 11) is 1.25. The van der Waals surface area contributed by atoms with Crippen LogP contribution in [0.25, 0.3) is 33.4 Å². The van der Waals surface area contributed by atoms with Crippen molar-refractivity contribution in [3.8, 4) is 28.1 Å². The Morgan fingerprint density at radius 1 is 1.18 bits per heavy atom. The second-order valence-corrected chi connectivity index (χ2v) is 7.99. The van der Waals surface area contributed by atoms with Gasteiger partial charge in [0.1, 0.15) is 17.4 Å². The number of fused-ring (bicyclic) bond motifs is 1. The summed E-state index contributed by atoms with van der Waals surface area (Å²) in [5.74, 6) is -1.44. The van der Waals surface area contributed by atoms with Crippen LogP contribution in [0.5, 0.6) is 5.75 Å². The number of H-pyrrole nitrogens is 1. The average Bonchev–Trinajstić information content (AvgIpc) is 3.23. The van der Waals surface area contributed by atoms with Crippen molar-refractivity contribution in [1.82, 2.24) is 20.5 Å². The van der Waals surface area contributed by atoms with Gasteiger partial charge in [0, 0.05) is 49.1 Å². The molecule has 2 aromatic heterocycles. The number of halogens is 1. The molecule has 0 atom stereocenters. The minimum absolute atomic E-state index is 0.0281. The van der Waals surface area contributed by atoms with Crippen molar-refractivity contribution in [2.45, 2.75) is 0 Å². The van der Waals surface area contributed by atoms with Crippen molar-refractivity contribution in [2.24, 2.45) is 0 Å². The van der Waals surface area contributed by atoms with Crippen LogP contribution >= 0.6 is 0 Å². The van der Waals surface area contributed by atoms with E-state index in [4.69, 9.17) is 10.5 Å². The Morgan fingerprint density at radius 3 is 2.59 bits per heavy atom. The first-order chi connectivity index (χ1) is 16.5. The molecule has 0 aliphatic carbocycles. The van der Waals surface area contributed by atoms with E-state index in [-0.39, 0.29) is 34.0 Å². The molecule has 1 fully saturated rings. The van der Waals surface area contributed by atoms with E-state index in [1.54, 1.807) is 0 Å². The molecule has 0 bridgehead atoms. The zero-order chi connectivity index (χ0) is 23.8. The van der Waals surface area contributed by atoms with Gasteiger partial charge in [-0.2, -0.15) is 5.10 Å². The molecule has 9 nitrogen and oxygen atoms in total. The van der Waals surface area contributed by atoms with Crippen LogP contribution in [0, 0.1) is 5.82 Å². The average molecular weight is 462 g/mol. The molecule has 0 unspecified atom stereocenters. The molecule has 0 spiro atoms. The summed E-state index contributed by atoms with van der Waals surface area (Å²) in [5, 5.41) is 20.3. The molecule has 3 heterocycles. The van der Waals surface area contributed by atoms with E-state index in [1.165, 1.54) is 19.2 Å². The van der Waals surface area contributed by atoms with Crippen LogP contribution in [-0.4, -0.2) is 59.5 Å². The number of nitrogens with zero attached hydrogens (tertiary/aromatic N) is 3. The largest absolute Gasteiger partial charge is 0.508 e. The van der Waals surface area contributed by atoms with Crippen LogP contribution in [0.2, 0.25) is 0 Å². The number of nitrogen functional groups attached to an aromatic ring is 1. The number of carbonyl (C=O) groups excluding carboxylic acids is 1. The Bertz CT molecular complexity index is 1380. The molecule has 34 heavy (non-hydrogen) atoms. The lowest BCUT2D eigenvalue weighted by Gasteiger charge is -2.29. The van der Waals surface area contributed by atoms with E-state index in [0.717, 1.165) is 37.9 Å². The first-order valence-corrected chi connectivity index (χ1v) is 10.8. The van der Waals surface area contributed by atoms with Gasteiger partial charge in [-0.1, -0.05) is 12.1 Å². The molecule has 5 N–H and O–H groups in total. The number of anilines is 2. The van der Waals surface area contributed by atoms with Crippen molar-refractivity contribution in [3.05, 3.63) is 53.8 Å². The summed E-state index contributed by atoms with van der Waals surface area (Å²) >= 11 is 0. The van der Waals surface area contributed by atoms with Gasteiger partial charge >= 0.3 is 5.97 Å². The summed E-state index contributed by atoms with van der Waals surface area (Å²) in [6.07, 6.45) is 0. The van der Waals surface area contributed by atoms with Gasteiger partial charge in [0.05, 0.1) is 23.8 Å². The van der Waals surface area contributed by atoms with E-state index in [9.17, 15) is 14.3 Å². The lowest BCUT2D eigenvalue weighted by atomic mass is 9.92. The van der Waals surface area contributed by atoms with E-state index < -0.39 is 11.8 Å². The Hall–Kier alpha value is -4.18. The molecule has 4 aromatic rings. The molecule has 10 heteroatoms. The van der Waals surface area contributed by atoms with Gasteiger partial charge in [-0.25, -0.2) is 14.2 Å². The van der Waals surface area contributed by atoms with Gasteiger partial charge in [0.25, 0.3) is 0 Å². The van der Waals surface area contributed by atoms with Gasteiger partial charge in [-0.3, -0.25) is 5.10 Å². The van der Waals surface area contributed by atoms with Crippen molar-refractivity contribution < 1.29 is 19.0 Å². The number of aromatic amines is 1. The summed E-state index contributed by atoms with van der Waals surface area (Å²) in [4.78, 5) is 19.8. The van der Waals surface area contributed by atoms with Crippen LogP contribution in [0.1, 0.15) is 10.4 Å². The zero-order valence-corrected chi connectivity index (χ0v) is 18.4. The normalized spacial score (nSPS) is 13.9. The standard InChI is InChI=1S/C24H23FN6O3/c1-34-24(33)19-18(13-2-4-14(5-3-13)31-10-8-27-9-11-31)20-22(26)29-30-23(20)28-21(19)16-7-6-15(32)12-17(16)25/h2-7,12,27,32H,8-11H2,1H3,(H3,26,28,29,30). The molecule has 174 valence electrons. The SMILES string of the molecule is COC(=O)c1c(-c2ccc(O)cc2F)nc2n[nH]c(N)c2c1-c1ccc(N2CCNCC2)cc1. The van der Waals surface area contributed by atoms with Gasteiger partial charge in [-0.15, -0.1) is 0 Å². The lowest BCUT2D eigenvalue weighted by molar-refractivity contribution is 0.0602. The predicted molar refractivity (Wildman–Crippen MR) is 127 cm³/mol. The quantitative estimate of drug-likeness (QED) is 0.341. The Labute approximate surface area is 194 Å². The number of hydrogen-bond acceptors (Lipinski definition) is 8. The fraction of sp³-hybridized carbons (Fsp3) is 0.208. The summed E-state index contributed by atoms with van der Waals surface area (Å²) in [6.45, 7) is 3.61. The number of esters is 1. The molecule has 1 aliphatic heterocycles. The molecule has 0 radical (unpaired) electrons. The van der Waals surface area contributed by atoms with E-state index >= 15 is 0 Å². The van der Waals surface area contributed by atoms with E-state index in [2.05, 4.69) is 25.4 Å². The van der Waals surface area contributed by atoms with Crippen LogP contribution in [0.4, 0.5) is 15.9 Å². The second-order valence-electron chi connectivity index (χ2n) is 7.99. The fourth-order valence-electron chi connectivity index (χ4n) is 4.32. The number of phenolic OH excluding ortho intramolecular Hbond substituents is 1. The van der Waals surface area contributed by atoms with Crippen molar-refractivity contribution in [2.75, 3.05) is 43.9 Å². The van der Waals surface area contributed by atoms with E-state index in [0.29, 0.717) is 16.5 Å². The van der Waals surface area contributed by atoms with Gasteiger partial charge in [-0.05, 0) is 29.8 Å². The zero-order valence-electron chi connectivity index (χ0n) is 18.4. The first-order valence-electron chi connectivity index (χ1n) is 10.8. The minimum atomic E-state index is -0.736. The third-order valence-electron chi connectivity index (χ3n) is 5.97. The Morgan fingerprint density at radius 2 is 1.91 bits per heavy atom. The maximum absolute atomic E-state index is 14.9. The summed E-state index contributed by atoms with van der Waals surface area (Å²) < 4.78 is 19.9. The highest BCUT2D eigenvalue weighted by Gasteiger charge is 2.28. The highest BCUT2D eigenvalue weighted by Crippen LogP contribution is 2.40. The smallest absolute Gasteiger partial charge is 0.340 e. The number of pyridine rings is 1. The Kier molecular flexibility index (Phi) is 5.50. The van der Waals surface area contributed by atoms with Crippen molar-refractivity contribution in [3.63, 3.8) is 0 Å². The van der Waals surface area contributed by atoms with Crippen LogP contribution in [0.3, 0.4) is 0 Å².